The Morgan fingerprint density at radius 3 is 2.54 bits per heavy atom. The van der Waals surface area contributed by atoms with Crippen molar-refractivity contribution < 1.29 is 18.3 Å². The van der Waals surface area contributed by atoms with Gasteiger partial charge in [-0.15, -0.1) is 24.0 Å². The maximum Gasteiger partial charge on any atom is 0.195 e. The second-order valence-corrected chi connectivity index (χ2v) is 5.09. The van der Waals surface area contributed by atoms with E-state index in [9.17, 15) is 8.78 Å². The van der Waals surface area contributed by atoms with Crippen molar-refractivity contribution in [3.05, 3.63) is 53.6 Å². The number of nitrogens with zero attached hydrogens (tertiary/aromatic N) is 1. The minimum atomic E-state index is -0.489. The van der Waals surface area contributed by atoms with Crippen LogP contribution in [0, 0.1) is 11.6 Å². The maximum absolute atomic E-state index is 13.7. The molecule has 2 rings (SSSR count). The highest BCUT2D eigenvalue weighted by atomic mass is 127. The van der Waals surface area contributed by atoms with Gasteiger partial charge in [0.05, 0.1) is 13.7 Å². The van der Waals surface area contributed by atoms with Gasteiger partial charge < -0.3 is 20.1 Å². The summed E-state index contributed by atoms with van der Waals surface area (Å²) in [5.74, 6) is 0.665. The van der Waals surface area contributed by atoms with Crippen LogP contribution in [0.5, 0.6) is 11.5 Å². The summed E-state index contributed by atoms with van der Waals surface area (Å²) in [5.41, 5.74) is 0.931. The van der Waals surface area contributed by atoms with E-state index in [0.29, 0.717) is 29.8 Å². The molecular weight excluding hydrogens is 455 g/mol. The predicted molar refractivity (Wildman–Crippen MR) is 110 cm³/mol. The summed E-state index contributed by atoms with van der Waals surface area (Å²) in [6.45, 7) is 2.52. The van der Waals surface area contributed by atoms with Crippen LogP contribution in [0.2, 0.25) is 0 Å². The summed E-state index contributed by atoms with van der Waals surface area (Å²) in [6, 6.07) is 8.68. The fourth-order valence-electron chi connectivity index (χ4n) is 2.19. The van der Waals surface area contributed by atoms with Crippen molar-refractivity contribution >= 4 is 35.6 Å². The molecule has 26 heavy (non-hydrogen) atoms. The smallest absolute Gasteiger partial charge is 0.195 e. The quantitative estimate of drug-likeness (QED) is 0.373. The Labute approximate surface area is 168 Å². The lowest BCUT2D eigenvalue weighted by Crippen LogP contribution is -2.30. The van der Waals surface area contributed by atoms with Gasteiger partial charge >= 0.3 is 0 Å². The molecule has 0 aliphatic carbocycles. The number of ether oxygens (including phenoxy) is 2. The van der Waals surface area contributed by atoms with Gasteiger partial charge in [-0.2, -0.15) is 0 Å². The normalized spacial score (nSPS) is 10.7. The van der Waals surface area contributed by atoms with Crippen LogP contribution in [0.3, 0.4) is 0 Å². The third kappa shape index (κ3) is 6.01. The number of nitrogens with one attached hydrogen (secondary N) is 2. The topological polar surface area (TPSA) is 54.9 Å². The van der Waals surface area contributed by atoms with Crippen LogP contribution in [0.4, 0.5) is 14.5 Å². The Morgan fingerprint density at radius 1 is 1.12 bits per heavy atom. The van der Waals surface area contributed by atoms with Crippen LogP contribution in [0.15, 0.2) is 41.4 Å². The van der Waals surface area contributed by atoms with Crippen molar-refractivity contribution in [1.82, 2.24) is 5.32 Å². The predicted octanol–water partition coefficient (Wildman–Crippen LogP) is 4.18. The zero-order valence-corrected chi connectivity index (χ0v) is 17.1. The molecule has 0 bridgehead atoms. The van der Waals surface area contributed by atoms with E-state index in [0.717, 1.165) is 18.2 Å². The van der Waals surface area contributed by atoms with Gasteiger partial charge in [-0.25, -0.2) is 8.78 Å². The molecule has 0 aliphatic heterocycles. The van der Waals surface area contributed by atoms with Gasteiger partial charge in [0.1, 0.15) is 11.6 Å². The molecule has 2 aromatic rings. The molecule has 142 valence electrons. The summed E-state index contributed by atoms with van der Waals surface area (Å²) in [7, 11) is 3.14. The van der Waals surface area contributed by atoms with E-state index in [4.69, 9.17) is 9.47 Å². The molecule has 0 spiro atoms. The van der Waals surface area contributed by atoms with Crippen LogP contribution >= 0.6 is 24.0 Å². The van der Waals surface area contributed by atoms with Gasteiger partial charge in [0, 0.05) is 30.9 Å². The third-order valence-corrected chi connectivity index (χ3v) is 3.40. The summed E-state index contributed by atoms with van der Waals surface area (Å²) in [5, 5.41) is 6.00. The van der Waals surface area contributed by atoms with Gasteiger partial charge in [-0.3, -0.25) is 4.99 Å². The number of benzene rings is 2. The molecule has 2 N–H and O–H groups in total. The molecule has 8 heteroatoms. The number of methoxy groups -OCH3 is 1. The average Bonchev–Trinajstić information content (AvgIpc) is 2.62. The molecule has 0 radical (unpaired) electrons. The lowest BCUT2D eigenvalue weighted by Gasteiger charge is -2.15. The van der Waals surface area contributed by atoms with Crippen LogP contribution in [0.25, 0.3) is 0 Å². The van der Waals surface area contributed by atoms with E-state index >= 15 is 0 Å². The zero-order chi connectivity index (χ0) is 18.2. The molecule has 0 unspecified atom stereocenters. The highest BCUT2D eigenvalue weighted by Crippen LogP contribution is 2.30. The van der Waals surface area contributed by atoms with E-state index in [2.05, 4.69) is 15.6 Å². The number of hydrogen-bond acceptors (Lipinski definition) is 3. The molecule has 0 aliphatic rings. The van der Waals surface area contributed by atoms with E-state index in [1.807, 2.05) is 13.0 Å². The highest BCUT2D eigenvalue weighted by molar-refractivity contribution is 14.0. The van der Waals surface area contributed by atoms with E-state index in [1.165, 1.54) is 0 Å². The van der Waals surface area contributed by atoms with Crippen molar-refractivity contribution in [2.24, 2.45) is 4.99 Å². The molecule has 0 saturated carbocycles. The van der Waals surface area contributed by atoms with Crippen LogP contribution in [-0.2, 0) is 6.54 Å². The Kier molecular flexibility index (Phi) is 9.11. The van der Waals surface area contributed by atoms with Crippen LogP contribution in [0.1, 0.15) is 12.5 Å². The number of guanidine groups is 1. The number of anilines is 1. The summed E-state index contributed by atoms with van der Waals surface area (Å²) < 4.78 is 37.7. The SMILES string of the molecule is CCOc1ccc(NC(=NC)NCc2cc(F)ccc2F)cc1OC.I. The second kappa shape index (κ2) is 10.8. The van der Waals surface area contributed by atoms with Crippen molar-refractivity contribution in [3.63, 3.8) is 0 Å². The first kappa shape index (κ1) is 21.9. The van der Waals surface area contributed by atoms with Gasteiger partial charge in [0.15, 0.2) is 17.5 Å². The first-order valence-corrected chi connectivity index (χ1v) is 7.79. The Hall–Kier alpha value is -2.10. The number of rotatable bonds is 6. The maximum atomic E-state index is 13.7. The lowest BCUT2D eigenvalue weighted by molar-refractivity contribution is 0.311. The molecule has 0 atom stereocenters. The molecule has 2 aromatic carbocycles. The zero-order valence-electron chi connectivity index (χ0n) is 14.8. The third-order valence-electron chi connectivity index (χ3n) is 3.40. The monoisotopic (exact) mass is 477 g/mol. The molecule has 5 nitrogen and oxygen atoms in total. The largest absolute Gasteiger partial charge is 0.493 e. The number of halogens is 3. The Bertz CT molecular complexity index is 757. The standard InChI is InChI=1S/C18H21F2N3O2.HI/c1-4-25-16-8-6-14(10-17(16)24-3)23-18(21-2)22-11-12-9-13(19)5-7-15(12)20;/h5-10H,4,11H2,1-3H3,(H2,21,22,23);1H. The lowest BCUT2D eigenvalue weighted by atomic mass is 10.2. The van der Waals surface area contributed by atoms with Crippen molar-refractivity contribution in [1.29, 1.82) is 0 Å². The summed E-state index contributed by atoms with van der Waals surface area (Å²) in [6.07, 6.45) is 0. The minimum absolute atomic E-state index is 0. The molecule has 0 fully saturated rings. The van der Waals surface area contributed by atoms with E-state index in [-0.39, 0.29) is 36.1 Å². The molecule has 0 saturated heterocycles. The van der Waals surface area contributed by atoms with Crippen LogP contribution < -0.4 is 20.1 Å². The van der Waals surface area contributed by atoms with Crippen molar-refractivity contribution in [2.75, 3.05) is 26.1 Å². The molecule has 0 amide bonds. The molecule has 0 aromatic heterocycles. The average molecular weight is 477 g/mol. The van der Waals surface area contributed by atoms with Gasteiger partial charge in [0.25, 0.3) is 0 Å². The van der Waals surface area contributed by atoms with Crippen molar-refractivity contribution in [2.45, 2.75) is 13.5 Å². The second-order valence-electron chi connectivity index (χ2n) is 5.09. The summed E-state index contributed by atoms with van der Waals surface area (Å²) >= 11 is 0. The molecular formula is C18H22F2IN3O2. The number of aliphatic imine (C=N–C) groups is 1. The van der Waals surface area contributed by atoms with Gasteiger partial charge in [-0.05, 0) is 37.3 Å². The van der Waals surface area contributed by atoms with Gasteiger partial charge in [-0.1, -0.05) is 0 Å². The fraction of sp³-hybridized carbons (Fsp3) is 0.278. The Balaban J connectivity index is 0.00000338. The first-order chi connectivity index (χ1) is 12.1. The van der Waals surface area contributed by atoms with E-state index < -0.39 is 11.6 Å². The van der Waals surface area contributed by atoms with Gasteiger partial charge in [0.2, 0.25) is 0 Å². The Morgan fingerprint density at radius 2 is 1.88 bits per heavy atom. The fourth-order valence-corrected chi connectivity index (χ4v) is 2.19. The van der Waals surface area contributed by atoms with E-state index in [1.54, 1.807) is 26.3 Å². The van der Waals surface area contributed by atoms with Crippen molar-refractivity contribution in [3.8, 4) is 11.5 Å². The first-order valence-electron chi connectivity index (χ1n) is 7.79. The summed E-state index contributed by atoms with van der Waals surface area (Å²) in [4.78, 5) is 4.07. The number of hydrogen-bond donors (Lipinski definition) is 2. The molecule has 0 heterocycles. The minimum Gasteiger partial charge on any atom is -0.493 e. The van der Waals surface area contributed by atoms with Crippen LogP contribution in [-0.4, -0.2) is 26.7 Å². The highest BCUT2D eigenvalue weighted by Gasteiger charge is 2.08.